The number of fused-ring (bicyclic) bond motifs is 1. The van der Waals surface area contributed by atoms with Crippen molar-refractivity contribution in [2.75, 3.05) is 0 Å². The number of nitrogens with zero attached hydrogens (tertiary/aromatic N) is 3. The number of rotatable bonds is 3. The fraction of sp³-hybridized carbons (Fsp3) is 0.385. The molecule has 0 amide bonds. The Kier molecular flexibility index (Phi) is 2.85. The van der Waals surface area contributed by atoms with E-state index in [2.05, 4.69) is 39.9 Å². The molecule has 5 heteroatoms. The van der Waals surface area contributed by atoms with Gasteiger partial charge < -0.3 is 15.0 Å². The van der Waals surface area contributed by atoms with Gasteiger partial charge in [-0.05, 0) is 24.1 Å². The lowest BCUT2D eigenvalue weighted by Gasteiger charge is -2.07. The van der Waals surface area contributed by atoms with E-state index < -0.39 is 0 Å². The maximum Gasteiger partial charge on any atom is 0.163 e. The Bertz CT molecular complexity index is 576. The fourth-order valence-electron chi connectivity index (χ4n) is 2.34. The van der Waals surface area contributed by atoms with Gasteiger partial charge in [0.15, 0.2) is 5.82 Å². The van der Waals surface area contributed by atoms with Crippen LogP contribution in [0.1, 0.15) is 23.9 Å². The molecular formula is C13H16N4O. The first-order valence-corrected chi connectivity index (χ1v) is 6.15. The van der Waals surface area contributed by atoms with Crippen molar-refractivity contribution in [2.45, 2.75) is 33.2 Å². The van der Waals surface area contributed by atoms with Crippen molar-refractivity contribution in [1.82, 2.24) is 14.8 Å². The normalized spacial score (nSPS) is 13.9. The van der Waals surface area contributed by atoms with E-state index in [1.165, 1.54) is 11.1 Å². The first-order valence-electron chi connectivity index (χ1n) is 6.15. The monoisotopic (exact) mass is 244 g/mol. The van der Waals surface area contributed by atoms with Crippen molar-refractivity contribution in [1.29, 1.82) is 0 Å². The molecule has 5 nitrogen and oxygen atoms in total. The van der Waals surface area contributed by atoms with Gasteiger partial charge >= 0.3 is 0 Å². The van der Waals surface area contributed by atoms with Gasteiger partial charge in [-0.1, -0.05) is 12.1 Å². The summed E-state index contributed by atoms with van der Waals surface area (Å²) in [7, 11) is 0. The Balaban J connectivity index is 2.07. The topological polar surface area (TPSA) is 66.0 Å². The second-order valence-corrected chi connectivity index (χ2v) is 4.36. The van der Waals surface area contributed by atoms with Crippen molar-refractivity contribution in [2.24, 2.45) is 5.73 Å². The van der Waals surface area contributed by atoms with Gasteiger partial charge in [0.25, 0.3) is 0 Å². The fourth-order valence-corrected chi connectivity index (χ4v) is 2.34. The zero-order valence-electron chi connectivity index (χ0n) is 10.4. The summed E-state index contributed by atoms with van der Waals surface area (Å²) >= 11 is 0. The van der Waals surface area contributed by atoms with Crippen molar-refractivity contribution < 1.29 is 4.74 Å². The Morgan fingerprint density at radius 1 is 1.28 bits per heavy atom. The van der Waals surface area contributed by atoms with Gasteiger partial charge in [-0.15, -0.1) is 10.2 Å². The predicted octanol–water partition coefficient (Wildman–Crippen LogP) is 1.45. The van der Waals surface area contributed by atoms with Crippen molar-refractivity contribution in [3.63, 3.8) is 0 Å². The third-order valence-corrected chi connectivity index (χ3v) is 3.31. The SMILES string of the molecule is CCn1c(CN)nnc1-c1ccc2c(c1)COC2. The molecule has 0 atom stereocenters. The van der Waals surface area contributed by atoms with Gasteiger partial charge in [-0.25, -0.2) is 0 Å². The summed E-state index contributed by atoms with van der Waals surface area (Å²) in [5.41, 5.74) is 9.25. The Morgan fingerprint density at radius 3 is 2.89 bits per heavy atom. The molecule has 18 heavy (non-hydrogen) atoms. The summed E-state index contributed by atoms with van der Waals surface area (Å²) < 4.78 is 7.48. The minimum Gasteiger partial charge on any atom is -0.372 e. The number of ether oxygens (including phenoxy) is 1. The van der Waals surface area contributed by atoms with E-state index in [1.807, 2.05) is 0 Å². The van der Waals surface area contributed by atoms with Gasteiger partial charge in [0, 0.05) is 12.1 Å². The second kappa shape index (κ2) is 4.51. The molecule has 0 fully saturated rings. The number of nitrogens with two attached hydrogens (primary N) is 1. The standard InChI is InChI=1S/C13H16N4O/c1-2-17-12(6-14)15-16-13(17)9-3-4-10-7-18-8-11(10)5-9/h3-5H,2,6-8,14H2,1H3. The molecule has 94 valence electrons. The summed E-state index contributed by atoms with van der Waals surface area (Å²) in [5.74, 6) is 1.71. The van der Waals surface area contributed by atoms with Crippen LogP contribution >= 0.6 is 0 Å². The van der Waals surface area contributed by atoms with Gasteiger partial charge in [0.05, 0.1) is 19.8 Å². The molecule has 2 N–H and O–H groups in total. The van der Waals surface area contributed by atoms with E-state index >= 15 is 0 Å². The maximum atomic E-state index is 5.66. The van der Waals surface area contributed by atoms with Crippen LogP contribution in [-0.2, 0) is 31.0 Å². The Morgan fingerprint density at radius 2 is 2.11 bits per heavy atom. The van der Waals surface area contributed by atoms with E-state index in [4.69, 9.17) is 10.5 Å². The molecule has 0 saturated carbocycles. The average Bonchev–Trinajstić information content (AvgIpc) is 3.03. The van der Waals surface area contributed by atoms with Gasteiger partial charge in [0.2, 0.25) is 0 Å². The van der Waals surface area contributed by atoms with Crippen molar-refractivity contribution in [3.8, 4) is 11.4 Å². The molecule has 1 aromatic heterocycles. The Hall–Kier alpha value is -1.72. The first kappa shape index (κ1) is 11.4. The van der Waals surface area contributed by atoms with E-state index in [0.29, 0.717) is 19.8 Å². The third kappa shape index (κ3) is 1.72. The van der Waals surface area contributed by atoms with E-state index in [1.54, 1.807) is 0 Å². The minimum atomic E-state index is 0.412. The molecule has 1 aliphatic rings. The number of hydrogen-bond donors (Lipinski definition) is 1. The molecule has 0 unspecified atom stereocenters. The molecule has 0 bridgehead atoms. The lowest BCUT2D eigenvalue weighted by molar-refractivity contribution is 0.134. The predicted molar refractivity (Wildman–Crippen MR) is 67.5 cm³/mol. The summed E-state index contributed by atoms with van der Waals surface area (Å²) in [6, 6.07) is 6.32. The summed E-state index contributed by atoms with van der Waals surface area (Å²) in [6.45, 7) is 4.71. The highest BCUT2D eigenvalue weighted by Crippen LogP contribution is 2.26. The molecule has 2 aromatic rings. The molecular weight excluding hydrogens is 228 g/mol. The highest BCUT2D eigenvalue weighted by molar-refractivity contribution is 5.58. The number of aromatic nitrogens is 3. The molecule has 3 rings (SSSR count). The van der Waals surface area contributed by atoms with Crippen LogP contribution in [0, 0.1) is 0 Å². The van der Waals surface area contributed by atoms with Crippen LogP contribution in [0.3, 0.4) is 0 Å². The molecule has 0 spiro atoms. The lowest BCUT2D eigenvalue weighted by atomic mass is 10.1. The second-order valence-electron chi connectivity index (χ2n) is 4.36. The van der Waals surface area contributed by atoms with Crippen molar-refractivity contribution in [3.05, 3.63) is 35.2 Å². The molecule has 0 saturated heterocycles. The van der Waals surface area contributed by atoms with Gasteiger partial charge in [0.1, 0.15) is 5.82 Å². The molecule has 1 aromatic carbocycles. The largest absolute Gasteiger partial charge is 0.372 e. The van der Waals surface area contributed by atoms with Crippen LogP contribution in [0.15, 0.2) is 18.2 Å². The van der Waals surface area contributed by atoms with Crippen LogP contribution in [0.2, 0.25) is 0 Å². The van der Waals surface area contributed by atoms with Crippen molar-refractivity contribution >= 4 is 0 Å². The highest BCUT2D eigenvalue weighted by Gasteiger charge is 2.15. The highest BCUT2D eigenvalue weighted by atomic mass is 16.5. The van der Waals surface area contributed by atoms with Gasteiger partial charge in [-0.2, -0.15) is 0 Å². The minimum absolute atomic E-state index is 0.412. The zero-order valence-corrected chi connectivity index (χ0v) is 10.4. The third-order valence-electron chi connectivity index (χ3n) is 3.31. The van der Waals surface area contributed by atoms with Crippen LogP contribution in [0.4, 0.5) is 0 Å². The molecule has 0 aliphatic carbocycles. The number of benzene rings is 1. The maximum absolute atomic E-state index is 5.66. The number of hydrogen-bond acceptors (Lipinski definition) is 4. The molecule has 0 radical (unpaired) electrons. The Labute approximate surface area is 106 Å². The van der Waals surface area contributed by atoms with E-state index in [9.17, 15) is 0 Å². The van der Waals surface area contributed by atoms with Crippen LogP contribution < -0.4 is 5.73 Å². The van der Waals surface area contributed by atoms with Crippen LogP contribution in [-0.4, -0.2) is 14.8 Å². The first-order chi connectivity index (χ1) is 8.83. The quantitative estimate of drug-likeness (QED) is 0.887. The van der Waals surface area contributed by atoms with E-state index in [0.717, 1.165) is 23.8 Å². The lowest BCUT2D eigenvalue weighted by Crippen LogP contribution is -2.08. The zero-order chi connectivity index (χ0) is 12.5. The van der Waals surface area contributed by atoms with E-state index in [-0.39, 0.29) is 0 Å². The van der Waals surface area contributed by atoms with Crippen LogP contribution in [0.25, 0.3) is 11.4 Å². The smallest absolute Gasteiger partial charge is 0.163 e. The van der Waals surface area contributed by atoms with Gasteiger partial charge in [-0.3, -0.25) is 0 Å². The van der Waals surface area contributed by atoms with Crippen LogP contribution in [0.5, 0.6) is 0 Å². The summed E-state index contributed by atoms with van der Waals surface area (Å²) in [4.78, 5) is 0. The molecule has 2 heterocycles. The molecule has 1 aliphatic heterocycles. The summed E-state index contributed by atoms with van der Waals surface area (Å²) in [5, 5.41) is 8.38. The average molecular weight is 244 g/mol. The summed E-state index contributed by atoms with van der Waals surface area (Å²) in [6.07, 6.45) is 0.